The van der Waals surface area contributed by atoms with Crippen molar-refractivity contribution in [2.24, 2.45) is 0 Å². The number of anilines is 1. The summed E-state index contributed by atoms with van der Waals surface area (Å²) in [5.74, 6) is 0.578. The molecule has 2 amide bonds. The molecule has 0 atom stereocenters. The Bertz CT molecular complexity index is 618. The van der Waals surface area contributed by atoms with Gasteiger partial charge in [0.1, 0.15) is 11.4 Å². The molecule has 1 aromatic heterocycles. The van der Waals surface area contributed by atoms with Crippen LogP contribution in [0.25, 0.3) is 11.3 Å². The molecule has 0 bridgehead atoms. The Kier molecular flexibility index (Phi) is 3.87. The van der Waals surface area contributed by atoms with Crippen molar-refractivity contribution in [3.63, 3.8) is 0 Å². The predicted molar refractivity (Wildman–Crippen MR) is 78.1 cm³/mol. The van der Waals surface area contributed by atoms with Crippen molar-refractivity contribution in [3.05, 3.63) is 36.0 Å². The summed E-state index contributed by atoms with van der Waals surface area (Å²) in [5.41, 5.74) is 2.17. The molecular formula is C15H17N3O3. The Balaban J connectivity index is 1.82. The fourth-order valence-corrected chi connectivity index (χ4v) is 2.26. The molecule has 6 heteroatoms. The van der Waals surface area contributed by atoms with E-state index in [9.17, 15) is 4.79 Å². The number of ether oxygens (including phenoxy) is 1. The zero-order chi connectivity index (χ0) is 14.7. The standard InChI is InChI=1S/C15H17N3O3/c1-11-13(16-15(19)18-7-9-20-10-8-18)14(21-17-11)12-5-3-2-4-6-12/h2-6H,7-10H2,1H3,(H,16,19). The maximum Gasteiger partial charge on any atom is 0.322 e. The van der Waals surface area contributed by atoms with E-state index in [4.69, 9.17) is 9.26 Å². The molecule has 0 unspecified atom stereocenters. The summed E-state index contributed by atoms with van der Waals surface area (Å²) in [6.07, 6.45) is 0. The average molecular weight is 287 g/mol. The molecule has 21 heavy (non-hydrogen) atoms. The first-order valence-corrected chi connectivity index (χ1v) is 6.91. The number of aromatic nitrogens is 1. The highest BCUT2D eigenvalue weighted by atomic mass is 16.5. The number of nitrogens with one attached hydrogen (secondary N) is 1. The third-order valence-electron chi connectivity index (χ3n) is 3.43. The number of hydrogen-bond acceptors (Lipinski definition) is 4. The van der Waals surface area contributed by atoms with Gasteiger partial charge in [-0.1, -0.05) is 35.5 Å². The van der Waals surface area contributed by atoms with Crippen LogP contribution < -0.4 is 5.32 Å². The first kappa shape index (κ1) is 13.6. The van der Waals surface area contributed by atoms with Gasteiger partial charge in [-0.2, -0.15) is 0 Å². The maximum absolute atomic E-state index is 12.3. The van der Waals surface area contributed by atoms with Gasteiger partial charge in [0, 0.05) is 18.7 Å². The van der Waals surface area contributed by atoms with Crippen LogP contribution in [0.1, 0.15) is 5.69 Å². The molecule has 1 saturated heterocycles. The summed E-state index contributed by atoms with van der Waals surface area (Å²) >= 11 is 0. The van der Waals surface area contributed by atoms with E-state index in [1.165, 1.54) is 0 Å². The molecule has 0 spiro atoms. The lowest BCUT2D eigenvalue weighted by atomic mass is 10.1. The number of aryl methyl sites for hydroxylation is 1. The summed E-state index contributed by atoms with van der Waals surface area (Å²) in [7, 11) is 0. The molecule has 2 aromatic rings. The van der Waals surface area contributed by atoms with Crippen LogP contribution in [0.2, 0.25) is 0 Å². The van der Waals surface area contributed by atoms with Gasteiger partial charge in [0.15, 0.2) is 5.76 Å². The summed E-state index contributed by atoms with van der Waals surface area (Å²) in [6.45, 7) is 4.14. The lowest BCUT2D eigenvalue weighted by Gasteiger charge is -2.26. The van der Waals surface area contributed by atoms with Crippen molar-refractivity contribution >= 4 is 11.7 Å². The summed E-state index contributed by atoms with van der Waals surface area (Å²) in [5, 5.41) is 6.86. The molecule has 110 valence electrons. The van der Waals surface area contributed by atoms with Crippen LogP contribution in [0.4, 0.5) is 10.5 Å². The molecule has 0 aliphatic carbocycles. The average Bonchev–Trinajstić information content (AvgIpc) is 2.90. The predicted octanol–water partition coefficient (Wildman–Crippen LogP) is 2.51. The largest absolute Gasteiger partial charge is 0.378 e. The van der Waals surface area contributed by atoms with Gasteiger partial charge in [-0.25, -0.2) is 4.79 Å². The van der Waals surface area contributed by atoms with Crippen molar-refractivity contribution in [2.45, 2.75) is 6.92 Å². The fourth-order valence-electron chi connectivity index (χ4n) is 2.26. The Morgan fingerprint density at radius 1 is 1.24 bits per heavy atom. The lowest BCUT2D eigenvalue weighted by molar-refractivity contribution is 0.0564. The molecule has 6 nitrogen and oxygen atoms in total. The second-order valence-electron chi connectivity index (χ2n) is 4.87. The minimum Gasteiger partial charge on any atom is -0.378 e. The van der Waals surface area contributed by atoms with Crippen molar-refractivity contribution < 1.29 is 14.1 Å². The van der Waals surface area contributed by atoms with Gasteiger partial charge in [0.05, 0.1) is 13.2 Å². The molecule has 0 saturated carbocycles. The van der Waals surface area contributed by atoms with E-state index in [2.05, 4.69) is 10.5 Å². The van der Waals surface area contributed by atoms with Crippen LogP contribution in [0.3, 0.4) is 0 Å². The van der Waals surface area contributed by atoms with Crippen LogP contribution in [0.15, 0.2) is 34.9 Å². The van der Waals surface area contributed by atoms with E-state index in [1.807, 2.05) is 37.3 Å². The second kappa shape index (κ2) is 5.97. The Hall–Kier alpha value is -2.34. The number of morpholine rings is 1. The quantitative estimate of drug-likeness (QED) is 0.921. The molecular weight excluding hydrogens is 270 g/mol. The smallest absolute Gasteiger partial charge is 0.322 e. The van der Waals surface area contributed by atoms with Gasteiger partial charge in [-0.3, -0.25) is 0 Å². The minimum atomic E-state index is -0.151. The molecule has 1 fully saturated rings. The van der Waals surface area contributed by atoms with Gasteiger partial charge in [0.2, 0.25) is 0 Å². The molecule has 0 radical (unpaired) electrons. The van der Waals surface area contributed by atoms with E-state index >= 15 is 0 Å². The van der Waals surface area contributed by atoms with E-state index in [1.54, 1.807) is 4.90 Å². The van der Waals surface area contributed by atoms with Gasteiger partial charge in [-0.05, 0) is 6.92 Å². The number of urea groups is 1. The van der Waals surface area contributed by atoms with Crippen LogP contribution in [0, 0.1) is 6.92 Å². The van der Waals surface area contributed by atoms with Crippen LogP contribution in [0.5, 0.6) is 0 Å². The number of carbonyl (C=O) groups is 1. The number of benzene rings is 1. The third-order valence-corrected chi connectivity index (χ3v) is 3.43. The number of amides is 2. The highest BCUT2D eigenvalue weighted by Crippen LogP contribution is 2.30. The summed E-state index contributed by atoms with van der Waals surface area (Å²) < 4.78 is 10.6. The molecule has 1 aromatic carbocycles. The van der Waals surface area contributed by atoms with Crippen molar-refractivity contribution in [1.29, 1.82) is 0 Å². The Morgan fingerprint density at radius 3 is 2.67 bits per heavy atom. The van der Waals surface area contributed by atoms with Crippen molar-refractivity contribution in [2.75, 3.05) is 31.6 Å². The monoisotopic (exact) mass is 287 g/mol. The summed E-state index contributed by atoms with van der Waals surface area (Å²) in [6, 6.07) is 9.45. The van der Waals surface area contributed by atoms with Crippen LogP contribution in [-0.4, -0.2) is 42.4 Å². The Morgan fingerprint density at radius 2 is 1.95 bits per heavy atom. The SMILES string of the molecule is Cc1noc(-c2ccccc2)c1NC(=O)N1CCOCC1. The first-order valence-electron chi connectivity index (χ1n) is 6.91. The van der Waals surface area contributed by atoms with E-state index in [-0.39, 0.29) is 6.03 Å². The number of carbonyl (C=O) groups excluding carboxylic acids is 1. The van der Waals surface area contributed by atoms with E-state index < -0.39 is 0 Å². The number of hydrogen-bond donors (Lipinski definition) is 1. The molecule has 2 heterocycles. The van der Waals surface area contributed by atoms with Gasteiger partial charge < -0.3 is 19.5 Å². The van der Waals surface area contributed by atoms with Gasteiger partial charge in [0.25, 0.3) is 0 Å². The highest BCUT2D eigenvalue weighted by Gasteiger charge is 2.21. The molecule has 1 aliphatic heterocycles. The number of rotatable bonds is 2. The number of nitrogens with zero attached hydrogens (tertiary/aromatic N) is 2. The zero-order valence-electron chi connectivity index (χ0n) is 11.8. The van der Waals surface area contributed by atoms with E-state index in [0.29, 0.717) is 43.4 Å². The topological polar surface area (TPSA) is 67.6 Å². The van der Waals surface area contributed by atoms with Crippen molar-refractivity contribution in [3.8, 4) is 11.3 Å². The first-order chi connectivity index (χ1) is 10.3. The summed E-state index contributed by atoms with van der Waals surface area (Å²) in [4.78, 5) is 14.0. The van der Waals surface area contributed by atoms with Gasteiger partial charge >= 0.3 is 6.03 Å². The van der Waals surface area contributed by atoms with Crippen LogP contribution >= 0.6 is 0 Å². The third kappa shape index (κ3) is 2.90. The van der Waals surface area contributed by atoms with Crippen LogP contribution in [-0.2, 0) is 4.74 Å². The zero-order valence-corrected chi connectivity index (χ0v) is 11.8. The Labute approximate surface area is 122 Å². The maximum atomic E-state index is 12.3. The minimum absolute atomic E-state index is 0.151. The second-order valence-corrected chi connectivity index (χ2v) is 4.87. The van der Waals surface area contributed by atoms with Crippen molar-refractivity contribution in [1.82, 2.24) is 10.1 Å². The lowest BCUT2D eigenvalue weighted by Crippen LogP contribution is -2.43. The molecule has 3 rings (SSSR count). The van der Waals surface area contributed by atoms with E-state index in [0.717, 1.165) is 5.56 Å². The van der Waals surface area contributed by atoms with Gasteiger partial charge in [-0.15, -0.1) is 0 Å². The molecule has 1 aliphatic rings. The molecule has 1 N–H and O–H groups in total. The normalized spacial score (nSPS) is 15.0. The highest BCUT2D eigenvalue weighted by molar-refractivity contribution is 5.94. The fraction of sp³-hybridized carbons (Fsp3) is 0.333.